The summed E-state index contributed by atoms with van der Waals surface area (Å²) in [6.45, 7) is 0. The molecule has 0 aromatic heterocycles. The third kappa shape index (κ3) is 51.7. The molecular formula is Al2Hg2O3. The Morgan fingerprint density at radius 1 is 0.429 bits per heavy atom. The largest absolute Gasteiger partial charge is 3.00 e. The van der Waals surface area contributed by atoms with Crippen molar-refractivity contribution < 1.29 is 71.8 Å². The van der Waals surface area contributed by atoms with Crippen molar-refractivity contribution in [2.24, 2.45) is 0 Å². The number of rotatable bonds is 0. The van der Waals surface area contributed by atoms with Gasteiger partial charge in [0.1, 0.15) is 0 Å². The Morgan fingerprint density at radius 2 is 0.429 bits per heavy atom. The normalized spacial score (nSPS) is 0. The van der Waals surface area contributed by atoms with Gasteiger partial charge in [0.2, 0.25) is 0 Å². The maximum Gasteiger partial charge on any atom is 3.00 e. The molecule has 3 nitrogen and oxygen atoms in total. The molecule has 28 valence electrons. The molecule has 0 saturated carbocycles. The van der Waals surface area contributed by atoms with Gasteiger partial charge in [-0.15, -0.1) is 0 Å². The minimum atomic E-state index is 0. The third-order valence-corrected chi connectivity index (χ3v) is 0. The third-order valence-electron chi connectivity index (χ3n) is 0. The molecular weight excluding hydrogens is 503 g/mol. The van der Waals surface area contributed by atoms with Crippen LogP contribution in [0.1, 0.15) is 0 Å². The molecule has 0 bridgehead atoms. The van der Waals surface area contributed by atoms with Crippen LogP contribution in [0, 0.1) is 0 Å². The van der Waals surface area contributed by atoms with E-state index in [1.54, 1.807) is 0 Å². The summed E-state index contributed by atoms with van der Waals surface area (Å²) in [6, 6.07) is 0. The summed E-state index contributed by atoms with van der Waals surface area (Å²) in [6.07, 6.45) is 0. The van der Waals surface area contributed by atoms with E-state index < -0.39 is 0 Å². The number of hydrogen-bond donors (Lipinski definition) is 0. The average molecular weight is 503 g/mol. The molecule has 0 aliphatic rings. The second kappa shape index (κ2) is 67.9. The van der Waals surface area contributed by atoms with Crippen LogP contribution in [0.5, 0.6) is 0 Å². The van der Waals surface area contributed by atoms with Crippen LogP contribution in [0.3, 0.4) is 0 Å². The smallest absolute Gasteiger partial charge is 2.00 e. The Balaban J connectivity index is 0. The van der Waals surface area contributed by atoms with E-state index in [2.05, 4.69) is 0 Å². The summed E-state index contributed by atoms with van der Waals surface area (Å²) >= 11 is 0. The van der Waals surface area contributed by atoms with Gasteiger partial charge in [-0.05, 0) is 0 Å². The summed E-state index contributed by atoms with van der Waals surface area (Å²) in [5.74, 6) is 0. The van der Waals surface area contributed by atoms with Gasteiger partial charge in [-0.25, -0.2) is 0 Å². The zero-order valence-electron chi connectivity index (χ0n) is 3.79. The van der Waals surface area contributed by atoms with Crippen molar-refractivity contribution >= 4 is 34.7 Å². The van der Waals surface area contributed by atoms with E-state index in [0.29, 0.717) is 0 Å². The van der Waals surface area contributed by atoms with E-state index in [4.69, 9.17) is 0 Å². The fourth-order valence-corrected chi connectivity index (χ4v) is 0. The van der Waals surface area contributed by atoms with Crippen LogP contribution in [-0.4, -0.2) is 34.7 Å². The molecule has 0 fully saturated rings. The van der Waals surface area contributed by atoms with Crippen LogP contribution >= 0.6 is 0 Å². The van der Waals surface area contributed by atoms with Gasteiger partial charge in [0.25, 0.3) is 0 Å². The van der Waals surface area contributed by atoms with Crippen LogP contribution in [-0.2, 0) is 71.8 Å². The van der Waals surface area contributed by atoms with E-state index >= 15 is 0 Å². The zero-order valence-corrected chi connectivity index (χ0v) is 17.1. The first-order chi connectivity index (χ1) is 0. The summed E-state index contributed by atoms with van der Waals surface area (Å²) in [5, 5.41) is 0. The van der Waals surface area contributed by atoms with Gasteiger partial charge in [-0.1, -0.05) is 0 Å². The first kappa shape index (κ1) is 96.2. The predicted octanol–water partition coefficient (Wildman–Crippen LogP) is -1.12. The molecule has 0 aromatic carbocycles. The number of hydrogen-bond acceptors (Lipinski definition) is 0. The summed E-state index contributed by atoms with van der Waals surface area (Å²) in [5.41, 5.74) is 0. The minimum Gasteiger partial charge on any atom is -2.00 e. The van der Waals surface area contributed by atoms with E-state index in [1.807, 2.05) is 0 Å². The molecule has 0 saturated heterocycles. The summed E-state index contributed by atoms with van der Waals surface area (Å²) in [7, 11) is 0. The van der Waals surface area contributed by atoms with E-state index in [1.165, 1.54) is 0 Å². The Bertz CT molecular complexity index is 10.9. The topological polar surface area (TPSA) is 85.5 Å². The molecule has 0 N–H and O–H groups in total. The molecule has 7 heavy (non-hydrogen) atoms. The molecule has 0 spiro atoms. The molecule has 0 rings (SSSR count). The van der Waals surface area contributed by atoms with Crippen molar-refractivity contribution in [3.8, 4) is 0 Å². The van der Waals surface area contributed by atoms with Gasteiger partial charge < -0.3 is 16.4 Å². The maximum atomic E-state index is 0. The molecule has 0 atom stereocenters. The van der Waals surface area contributed by atoms with Crippen molar-refractivity contribution in [3.05, 3.63) is 0 Å². The Kier molecular flexibility index (Phi) is 934. The standard InChI is InChI=1S/2Al.2Hg.3O/q2*+3;;;3*-2. The minimum absolute atomic E-state index is 0. The van der Waals surface area contributed by atoms with E-state index in [-0.39, 0.29) is 106 Å². The van der Waals surface area contributed by atoms with Gasteiger partial charge in [0.05, 0.1) is 0 Å². The fourth-order valence-electron chi connectivity index (χ4n) is 0. The molecule has 0 unspecified atom stereocenters. The van der Waals surface area contributed by atoms with Crippen LogP contribution in [0.2, 0.25) is 0 Å². The van der Waals surface area contributed by atoms with Crippen LogP contribution in [0.4, 0.5) is 0 Å². The second-order valence-corrected chi connectivity index (χ2v) is 0. The monoisotopic (exact) mass is 506 g/mol. The van der Waals surface area contributed by atoms with Gasteiger partial charge in [-0.3, -0.25) is 0 Å². The first-order valence-electron chi connectivity index (χ1n) is 0. The van der Waals surface area contributed by atoms with Gasteiger partial charge in [0.15, 0.2) is 0 Å². The molecule has 0 aliphatic heterocycles. The summed E-state index contributed by atoms with van der Waals surface area (Å²) in [4.78, 5) is 0. The van der Waals surface area contributed by atoms with Crippen molar-refractivity contribution in [1.82, 2.24) is 0 Å². The van der Waals surface area contributed by atoms with E-state index in [0.717, 1.165) is 0 Å². The van der Waals surface area contributed by atoms with Gasteiger partial charge >= 0.3 is 34.7 Å². The quantitative estimate of drug-likeness (QED) is 0.376. The Labute approximate surface area is 105 Å². The van der Waals surface area contributed by atoms with Crippen LogP contribution in [0.25, 0.3) is 0 Å². The molecule has 0 amide bonds. The zero-order chi connectivity index (χ0) is 0. The first-order valence-corrected chi connectivity index (χ1v) is 0. The van der Waals surface area contributed by atoms with E-state index in [9.17, 15) is 0 Å². The second-order valence-electron chi connectivity index (χ2n) is 0. The molecule has 7 heteroatoms. The Morgan fingerprint density at radius 3 is 0.429 bits per heavy atom. The predicted molar refractivity (Wildman–Crippen MR) is 13.6 cm³/mol. The maximum absolute atomic E-state index is 0. The molecule has 0 radical (unpaired) electrons. The molecule has 0 heterocycles. The van der Waals surface area contributed by atoms with Crippen molar-refractivity contribution in [3.63, 3.8) is 0 Å². The Hall–Kier alpha value is 2.82. The molecule has 0 aromatic rings. The SMILES string of the molecule is [Al+3].[Al+3].[Hg].[Hg].[O-2].[O-2].[O-2]. The van der Waals surface area contributed by atoms with Crippen LogP contribution < -0.4 is 0 Å². The van der Waals surface area contributed by atoms with Crippen molar-refractivity contribution in [1.29, 1.82) is 0 Å². The summed E-state index contributed by atoms with van der Waals surface area (Å²) < 4.78 is 0. The van der Waals surface area contributed by atoms with Crippen molar-refractivity contribution in [2.45, 2.75) is 0 Å². The van der Waals surface area contributed by atoms with Gasteiger partial charge in [0, 0.05) is 55.3 Å². The van der Waals surface area contributed by atoms with Crippen LogP contribution in [0.15, 0.2) is 0 Å². The fraction of sp³-hybridized carbons (Fsp3) is 0. The van der Waals surface area contributed by atoms with Gasteiger partial charge in [-0.2, -0.15) is 0 Å². The molecule has 0 aliphatic carbocycles. The average Bonchev–Trinajstić information content (AvgIpc) is 0. The van der Waals surface area contributed by atoms with Crippen molar-refractivity contribution in [2.75, 3.05) is 0 Å².